The lowest BCUT2D eigenvalue weighted by atomic mass is 9.81. The van der Waals surface area contributed by atoms with Crippen molar-refractivity contribution >= 4 is 5.78 Å². The summed E-state index contributed by atoms with van der Waals surface area (Å²) in [5.74, 6) is 1.42. The molecular formula is C25H24O5. The molecule has 0 fully saturated rings. The van der Waals surface area contributed by atoms with E-state index >= 15 is 0 Å². The van der Waals surface area contributed by atoms with Gasteiger partial charge in [0.25, 0.3) is 0 Å². The fourth-order valence-electron chi connectivity index (χ4n) is 4.34. The lowest BCUT2D eigenvalue weighted by molar-refractivity contribution is 0.0968. The van der Waals surface area contributed by atoms with Gasteiger partial charge in [0.1, 0.15) is 23.0 Å². The van der Waals surface area contributed by atoms with Crippen molar-refractivity contribution in [3.63, 3.8) is 0 Å². The molecule has 2 atom stereocenters. The van der Waals surface area contributed by atoms with Crippen LogP contribution in [0.15, 0.2) is 54.6 Å². The Bertz CT molecular complexity index is 1080. The Morgan fingerprint density at radius 3 is 1.97 bits per heavy atom. The van der Waals surface area contributed by atoms with Gasteiger partial charge in [-0.2, -0.15) is 0 Å². The van der Waals surface area contributed by atoms with Gasteiger partial charge in [-0.15, -0.1) is 0 Å². The number of aromatic hydroxyl groups is 1. The van der Waals surface area contributed by atoms with Crippen LogP contribution in [0.3, 0.4) is 0 Å². The number of fused-ring (bicyclic) bond motifs is 1. The van der Waals surface area contributed by atoms with Crippen molar-refractivity contribution in [2.24, 2.45) is 0 Å². The Labute approximate surface area is 175 Å². The summed E-state index contributed by atoms with van der Waals surface area (Å²) in [6.07, 6.45) is 0. The number of rotatable bonds is 5. The molecule has 0 saturated carbocycles. The highest BCUT2D eigenvalue weighted by atomic mass is 16.5. The number of methoxy groups -OCH3 is 3. The Morgan fingerprint density at radius 2 is 1.40 bits per heavy atom. The molecular weight excluding hydrogens is 380 g/mol. The first kappa shape index (κ1) is 19.8. The van der Waals surface area contributed by atoms with E-state index in [9.17, 15) is 9.90 Å². The molecule has 1 aliphatic carbocycles. The van der Waals surface area contributed by atoms with E-state index in [1.165, 1.54) is 0 Å². The van der Waals surface area contributed by atoms with E-state index in [1.807, 2.05) is 43.3 Å². The lowest BCUT2D eigenvalue weighted by Gasteiger charge is -2.22. The first-order valence-electron chi connectivity index (χ1n) is 9.71. The molecule has 0 spiro atoms. The van der Waals surface area contributed by atoms with Crippen LogP contribution in [0.2, 0.25) is 0 Å². The summed E-state index contributed by atoms with van der Waals surface area (Å²) < 4.78 is 16.6. The fourth-order valence-corrected chi connectivity index (χ4v) is 4.34. The highest BCUT2D eigenvalue weighted by Gasteiger charge is 2.44. The number of benzene rings is 3. The van der Waals surface area contributed by atoms with E-state index in [0.717, 1.165) is 22.3 Å². The smallest absolute Gasteiger partial charge is 0.171 e. The summed E-state index contributed by atoms with van der Waals surface area (Å²) in [6, 6.07) is 16.4. The van der Waals surface area contributed by atoms with Gasteiger partial charge in [-0.05, 0) is 60.0 Å². The maximum absolute atomic E-state index is 13.7. The number of phenols is 1. The number of Topliss-reactive ketones (excluding diaryl/α,β-unsaturated/α-hetero) is 1. The number of aryl methyl sites for hydroxylation is 1. The maximum Gasteiger partial charge on any atom is 0.171 e. The number of hydrogen-bond donors (Lipinski definition) is 1. The number of ketones is 1. The van der Waals surface area contributed by atoms with E-state index in [1.54, 1.807) is 39.5 Å². The van der Waals surface area contributed by atoms with Gasteiger partial charge in [0.2, 0.25) is 0 Å². The second kappa shape index (κ2) is 7.75. The van der Waals surface area contributed by atoms with Crippen LogP contribution in [0.1, 0.15) is 44.4 Å². The normalized spacial score (nSPS) is 17.5. The minimum atomic E-state index is -0.468. The number of ether oxygens (including phenoxy) is 3. The molecule has 0 amide bonds. The third-order valence-electron chi connectivity index (χ3n) is 5.68. The van der Waals surface area contributed by atoms with Gasteiger partial charge in [-0.3, -0.25) is 4.79 Å². The van der Waals surface area contributed by atoms with Crippen LogP contribution < -0.4 is 14.2 Å². The van der Waals surface area contributed by atoms with Crippen molar-refractivity contribution < 1.29 is 24.1 Å². The van der Waals surface area contributed by atoms with Crippen LogP contribution >= 0.6 is 0 Å². The minimum Gasteiger partial charge on any atom is -0.508 e. The molecule has 0 radical (unpaired) electrons. The van der Waals surface area contributed by atoms with Crippen molar-refractivity contribution in [2.45, 2.75) is 18.8 Å². The summed E-state index contributed by atoms with van der Waals surface area (Å²) in [5, 5.41) is 9.78. The average molecular weight is 404 g/mol. The van der Waals surface area contributed by atoms with Gasteiger partial charge in [-0.25, -0.2) is 0 Å². The van der Waals surface area contributed by atoms with Gasteiger partial charge in [-0.1, -0.05) is 12.1 Å². The maximum atomic E-state index is 13.7. The second-order valence-corrected chi connectivity index (χ2v) is 7.49. The van der Waals surface area contributed by atoms with Crippen LogP contribution in [-0.2, 0) is 0 Å². The molecule has 3 aromatic carbocycles. The fraction of sp³-hybridized carbons (Fsp3) is 0.240. The summed E-state index contributed by atoms with van der Waals surface area (Å²) in [7, 11) is 4.80. The van der Waals surface area contributed by atoms with Crippen LogP contribution in [0.4, 0.5) is 0 Å². The molecule has 0 aromatic heterocycles. The van der Waals surface area contributed by atoms with Gasteiger partial charge in [0.15, 0.2) is 5.78 Å². The molecule has 0 aliphatic heterocycles. The van der Waals surface area contributed by atoms with Crippen molar-refractivity contribution in [3.8, 4) is 23.0 Å². The third kappa shape index (κ3) is 3.26. The van der Waals surface area contributed by atoms with Gasteiger partial charge in [0.05, 0.1) is 27.2 Å². The topological polar surface area (TPSA) is 65.0 Å². The van der Waals surface area contributed by atoms with Gasteiger partial charge < -0.3 is 19.3 Å². The van der Waals surface area contributed by atoms with Crippen LogP contribution in [0.5, 0.6) is 23.0 Å². The first-order valence-corrected chi connectivity index (χ1v) is 9.71. The van der Waals surface area contributed by atoms with E-state index in [2.05, 4.69) is 0 Å². The number of phenolic OH excluding ortho intramolecular Hbond substituents is 1. The number of carbonyl (C=O) groups is 1. The summed E-state index contributed by atoms with van der Waals surface area (Å²) >= 11 is 0. The molecule has 0 saturated heterocycles. The molecule has 2 unspecified atom stereocenters. The quantitative estimate of drug-likeness (QED) is 0.659. The zero-order chi connectivity index (χ0) is 21.4. The van der Waals surface area contributed by atoms with Crippen LogP contribution in [-0.4, -0.2) is 32.2 Å². The molecule has 3 aromatic rings. The molecule has 1 aliphatic rings. The minimum absolute atomic E-state index is 0.0281. The zero-order valence-electron chi connectivity index (χ0n) is 17.4. The standard InChI is InChI=1S/C25H24O5/c1-14-9-20-24(21(10-14)30-4)22(15-5-7-17(26)8-6-15)23(25(20)27)16-11-18(28-2)13-19(12-16)29-3/h5-13,22-23,26H,1-4H3. The monoisotopic (exact) mass is 404 g/mol. The van der Waals surface area contributed by atoms with Gasteiger partial charge in [0, 0.05) is 23.1 Å². The molecule has 5 heteroatoms. The van der Waals surface area contributed by atoms with Crippen molar-refractivity contribution in [1.29, 1.82) is 0 Å². The van der Waals surface area contributed by atoms with Crippen molar-refractivity contribution in [1.82, 2.24) is 0 Å². The molecule has 4 rings (SSSR count). The van der Waals surface area contributed by atoms with Gasteiger partial charge >= 0.3 is 0 Å². The van der Waals surface area contributed by atoms with E-state index in [4.69, 9.17) is 14.2 Å². The number of hydrogen-bond acceptors (Lipinski definition) is 5. The van der Waals surface area contributed by atoms with E-state index in [0.29, 0.717) is 22.8 Å². The van der Waals surface area contributed by atoms with E-state index < -0.39 is 5.92 Å². The molecule has 0 heterocycles. The van der Waals surface area contributed by atoms with Crippen LogP contribution in [0, 0.1) is 6.92 Å². The highest BCUT2D eigenvalue weighted by molar-refractivity contribution is 6.08. The zero-order valence-corrected chi connectivity index (χ0v) is 17.4. The first-order chi connectivity index (χ1) is 14.5. The second-order valence-electron chi connectivity index (χ2n) is 7.49. The Balaban J connectivity index is 1.97. The molecule has 30 heavy (non-hydrogen) atoms. The largest absolute Gasteiger partial charge is 0.508 e. The average Bonchev–Trinajstić information content (AvgIpc) is 3.05. The summed E-state index contributed by atoms with van der Waals surface area (Å²) in [5.41, 5.74) is 4.23. The molecule has 5 nitrogen and oxygen atoms in total. The number of carbonyl (C=O) groups excluding carboxylic acids is 1. The SMILES string of the molecule is COc1cc(OC)cc(C2C(=O)c3cc(C)cc(OC)c3C2c2ccc(O)cc2)c1. The predicted octanol–water partition coefficient (Wildman–Crippen LogP) is 4.84. The molecule has 154 valence electrons. The molecule has 1 N–H and O–H groups in total. The lowest BCUT2D eigenvalue weighted by Crippen LogP contribution is -2.13. The highest BCUT2D eigenvalue weighted by Crippen LogP contribution is 2.52. The third-order valence-corrected chi connectivity index (χ3v) is 5.68. The summed E-state index contributed by atoms with van der Waals surface area (Å²) in [6.45, 7) is 1.95. The van der Waals surface area contributed by atoms with Crippen molar-refractivity contribution in [2.75, 3.05) is 21.3 Å². The van der Waals surface area contributed by atoms with Crippen molar-refractivity contribution in [3.05, 3.63) is 82.4 Å². The Hall–Kier alpha value is -3.47. The Kier molecular flexibility index (Phi) is 5.12. The van der Waals surface area contributed by atoms with Crippen LogP contribution in [0.25, 0.3) is 0 Å². The summed E-state index contributed by atoms with van der Waals surface area (Å²) in [4.78, 5) is 13.7. The predicted molar refractivity (Wildman–Crippen MR) is 114 cm³/mol. The molecule has 0 bridgehead atoms. The Morgan fingerprint density at radius 1 is 0.767 bits per heavy atom. The van der Waals surface area contributed by atoms with E-state index in [-0.39, 0.29) is 17.5 Å².